The van der Waals surface area contributed by atoms with E-state index < -0.39 is 10.0 Å². The van der Waals surface area contributed by atoms with Crippen LogP contribution in [0.25, 0.3) is 0 Å². The third-order valence-electron chi connectivity index (χ3n) is 4.02. The summed E-state index contributed by atoms with van der Waals surface area (Å²) in [5.41, 5.74) is 0. The third kappa shape index (κ3) is 5.84. The molecule has 0 saturated carbocycles. The van der Waals surface area contributed by atoms with Crippen LogP contribution in [0.4, 0.5) is 0 Å². The number of hydrogen-bond acceptors (Lipinski definition) is 6. The van der Waals surface area contributed by atoms with Gasteiger partial charge >= 0.3 is 0 Å². The second kappa shape index (κ2) is 9.94. The van der Waals surface area contributed by atoms with Gasteiger partial charge in [-0.25, -0.2) is 22.8 Å². The van der Waals surface area contributed by atoms with Gasteiger partial charge in [0.1, 0.15) is 17.0 Å². The van der Waals surface area contributed by atoms with E-state index in [9.17, 15) is 8.42 Å². The van der Waals surface area contributed by atoms with Crippen molar-refractivity contribution in [1.82, 2.24) is 35.1 Å². The second-order valence-electron chi connectivity index (χ2n) is 5.82. The Bertz CT molecular complexity index is 856. The maximum Gasteiger partial charge on any atom is 0.242 e. The van der Waals surface area contributed by atoms with E-state index in [1.807, 2.05) is 4.68 Å². The molecular formula is C15H23IN8O2S. The van der Waals surface area contributed by atoms with Crippen molar-refractivity contribution in [2.24, 2.45) is 4.99 Å². The van der Waals surface area contributed by atoms with Crippen LogP contribution in [0.2, 0.25) is 0 Å². The topological polar surface area (TPSA) is 126 Å². The summed E-state index contributed by atoms with van der Waals surface area (Å²) in [7, 11) is -1.87. The number of nitrogens with zero attached hydrogens (tertiary/aromatic N) is 5. The van der Waals surface area contributed by atoms with Gasteiger partial charge in [-0.2, -0.15) is 5.10 Å². The van der Waals surface area contributed by atoms with Gasteiger partial charge in [0.15, 0.2) is 5.96 Å². The largest absolute Gasteiger partial charge is 0.355 e. The summed E-state index contributed by atoms with van der Waals surface area (Å²) in [6.45, 7) is 1.36. The van der Waals surface area contributed by atoms with Gasteiger partial charge in [0.25, 0.3) is 0 Å². The summed E-state index contributed by atoms with van der Waals surface area (Å²) >= 11 is 0. The Morgan fingerprint density at radius 1 is 1.41 bits per heavy atom. The molecule has 0 aliphatic carbocycles. The number of guanidine groups is 1. The Morgan fingerprint density at radius 3 is 3.00 bits per heavy atom. The van der Waals surface area contributed by atoms with Crippen LogP contribution in [-0.2, 0) is 23.0 Å². The number of aryl methyl sites for hydroxylation is 1. The van der Waals surface area contributed by atoms with E-state index in [0.717, 1.165) is 25.2 Å². The molecule has 27 heavy (non-hydrogen) atoms. The first-order valence-corrected chi connectivity index (χ1v) is 9.80. The molecule has 1 aliphatic rings. The SMILES string of the molecule is CN=C(NCCNS(=O)(=O)c1cccnc1)NC1CCc2ncnn2C1.I. The van der Waals surface area contributed by atoms with E-state index in [2.05, 4.69) is 35.4 Å². The molecule has 2 aromatic rings. The highest BCUT2D eigenvalue weighted by Crippen LogP contribution is 2.11. The van der Waals surface area contributed by atoms with Gasteiger partial charge < -0.3 is 10.6 Å². The first-order chi connectivity index (χ1) is 12.6. The number of pyridine rings is 1. The van der Waals surface area contributed by atoms with E-state index in [1.165, 1.54) is 18.5 Å². The molecule has 0 fully saturated rings. The maximum atomic E-state index is 12.1. The lowest BCUT2D eigenvalue weighted by Crippen LogP contribution is -2.48. The molecule has 148 valence electrons. The van der Waals surface area contributed by atoms with Crippen molar-refractivity contribution < 1.29 is 8.42 Å². The highest BCUT2D eigenvalue weighted by Gasteiger charge is 2.20. The van der Waals surface area contributed by atoms with Crippen LogP contribution in [0, 0.1) is 0 Å². The highest BCUT2D eigenvalue weighted by atomic mass is 127. The van der Waals surface area contributed by atoms with Crippen LogP contribution in [0.3, 0.4) is 0 Å². The summed E-state index contributed by atoms with van der Waals surface area (Å²) in [4.78, 5) is 12.4. The van der Waals surface area contributed by atoms with E-state index in [-0.39, 0.29) is 41.5 Å². The molecule has 3 heterocycles. The quantitative estimate of drug-likeness (QED) is 0.214. The van der Waals surface area contributed by atoms with Crippen molar-refractivity contribution in [2.45, 2.75) is 30.3 Å². The zero-order valence-electron chi connectivity index (χ0n) is 14.9. The molecule has 0 aromatic carbocycles. The normalized spacial score (nSPS) is 16.9. The minimum Gasteiger partial charge on any atom is -0.355 e. The number of fused-ring (bicyclic) bond motifs is 1. The van der Waals surface area contributed by atoms with Gasteiger partial charge in [0, 0.05) is 45.0 Å². The summed E-state index contributed by atoms with van der Waals surface area (Å²) in [6, 6.07) is 3.29. The first kappa shape index (κ1) is 21.5. The fourth-order valence-electron chi connectivity index (χ4n) is 2.70. The molecular weight excluding hydrogens is 483 g/mol. The third-order valence-corrected chi connectivity index (χ3v) is 5.47. The Labute approximate surface area is 175 Å². The predicted octanol–water partition coefficient (Wildman–Crippen LogP) is -0.251. The van der Waals surface area contributed by atoms with Gasteiger partial charge in [0.2, 0.25) is 10.0 Å². The van der Waals surface area contributed by atoms with Crippen LogP contribution in [-0.4, -0.2) is 60.3 Å². The lowest BCUT2D eigenvalue weighted by Gasteiger charge is -2.25. The van der Waals surface area contributed by atoms with E-state index in [0.29, 0.717) is 12.5 Å². The summed E-state index contributed by atoms with van der Waals surface area (Å²) in [5.74, 6) is 1.62. The molecule has 0 amide bonds. The van der Waals surface area contributed by atoms with Crippen molar-refractivity contribution in [3.63, 3.8) is 0 Å². The van der Waals surface area contributed by atoms with Crippen LogP contribution in [0.15, 0.2) is 40.7 Å². The minimum absolute atomic E-state index is 0. The average molecular weight is 506 g/mol. The molecule has 1 aliphatic heterocycles. The standard InChI is InChI=1S/C15H22N8O2S.HI/c1-16-15(22-12-4-5-14-19-11-20-23(14)10-12)18-7-8-21-26(24,25)13-3-2-6-17-9-13;/h2-3,6,9,11-12,21H,4-5,7-8,10H2,1H3,(H2,16,18,22);1H. The first-order valence-electron chi connectivity index (χ1n) is 8.32. The number of nitrogens with one attached hydrogen (secondary N) is 3. The summed E-state index contributed by atoms with van der Waals surface area (Å²) < 4.78 is 28.6. The molecule has 3 rings (SSSR count). The molecule has 1 atom stereocenters. The number of aromatic nitrogens is 4. The number of aliphatic imine (C=N–C) groups is 1. The molecule has 0 radical (unpaired) electrons. The molecule has 1 unspecified atom stereocenters. The predicted molar refractivity (Wildman–Crippen MR) is 111 cm³/mol. The zero-order chi connectivity index (χ0) is 18.4. The number of sulfonamides is 1. The number of hydrogen-bond donors (Lipinski definition) is 3. The molecule has 12 heteroatoms. The Kier molecular flexibility index (Phi) is 7.91. The van der Waals surface area contributed by atoms with Gasteiger partial charge in [-0.05, 0) is 18.6 Å². The van der Waals surface area contributed by atoms with Gasteiger partial charge in [-0.1, -0.05) is 0 Å². The lowest BCUT2D eigenvalue weighted by molar-refractivity contribution is 0.393. The van der Waals surface area contributed by atoms with Crippen LogP contribution < -0.4 is 15.4 Å². The lowest BCUT2D eigenvalue weighted by atomic mass is 10.1. The smallest absolute Gasteiger partial charge is 0.242 e. The minimum atomic E-state index is -3.55. The van der Waals surface area contributed by atoms with Crippen LogP contribution in [0.1, 0.15) is 12.2 Å². The second-order valence-corrected chi connectivity index (χ2v) is 7.59. The van der Waals surface area contributed by atoms with Crippen molar-refractivity contribution in [1.29, 1.82) is 0 Å². The number of halogens is 1. The van der Waals surface area contributed by atoms with E-state index in [1.54, 1.807) is 19.4 Å². The molecule has 2 aromatic heterocycles. The van der Waals surface area contributed by atoms with Crippen molar-refractivity contribution in [3.8, 4) is 0 Å². The summed E-state index contributed by atoms with van der Waals surface area (Å²) in [6.07, 6.45) is 6.22. The fourth-order valence-corrected chi connectivity index (χ4v) is 3.69. The van der Waals surface area contributed by atoms with Gasteiger partial charge in [-0.3, -0.25) is 9.98 Å². The van der Waals surface area contributed by atoms with E-state index >= 15 is 0 Å². The molecule has 0 spiro atoms. The van der Waals surface area contributed by atoms with Gasteiger partial charge in [-0.15, -0.1) is 24.0 Å². The van der Waals surface area contributed by atoms with E-state index in [4.69, 9.17) is 0 Å². The van der Waals surface area contributed by atoms with Crippen LogP contribution in [0.5, 0.6) is 0 Å². The molecule has 0 bridgehead atoms. The Morgan fingerprint density at radius 2 is 2.26 bits per heavy atom. The molecule has 0 saturated heterocycles. The van der Waals surface area contributed by atoms with Crippen molar-refractivity contribution in [3.05, 3.63) is 36.7 Å². The summed E-state index contributed by atoms with van der Waals surface area (Å²) in [5, 5.41) is 10.6. The van der Waals surface area contributed by atoms with Crippen LogP contribution >= 0.6 is 24.0 Å². The van der Waals surface area contributed by atoms with Crippen molar-refractivity contribution >= 4 is 40.0 Å². The highest BCUT2D eigenvalue weighted by molar-refractivity contribution is 14.0. The Balaban J connectivity index is 0.00000261. The average Bonchev–Trinajstić information content (AvgIpc) is 3.12. The van der Waals surface area contributed by atoms with Gasteiger partial charge in [0.05, 0.1) is 6.54 Å². The molecule has 3 N–H and O–H groups in total. The number of rotatable bonds is 6. The van der Waals surface area contributed by atoms with Crippen molar-refractivity contribution in [2.75, 3.05) is 20.1 Å². The monoisotopic (exact) mass is 506 g/mol. The Hall–Kier alpha value is -1.80. The maximum absolute atomic E-state index is 12.1. The molecule has 10 nitrogen and oxygen atoms in total. The fraction of sp³-hybridized carbons (Fsp3) is 0.467. The zero-order valence-corrected chi connectivity index (χ0v) is 18.0.